The summed E-state index contributed by atoms with van der Waals surface area (Å²) in [5, 5.41) is 9.57. The van der Waals surface area contributed by atoms with Crippen LogP contribution in [0.4, 0.5) is 22.0 Å². The van der Waals surface area contributed by atoms with Crippen LogP contribution in [0.3, 0.4) is 0 Å². The number of carbonyl (C=O) groups excluding carboxylic acids is 2. The first-order valence-corrected chi connectivity index (χ1v) is 14.6. The summed E-state index contributed by atoms with van der Waals surface area (Å²) < 4.78 is 75.4. The summed E-state index contributed by atoms with van der Waals surface area (Å²) in [6.45, 7) is 5.23. The van der Waals surface area contributed by atoms with Crippen LogP contribution in [-0.4, -0.2) is 90.1 Å². The molecule has 2 saturated heterocycles. The molecular weight excluding hydrogens is 575 g/mol. The van der Waals surface area contributed by atoms with Gasteiger partial charge in [-0.2, -0.15) is 13.2 Å². The standard InChI is InChI=1S/C29H37F5N6O3/c1-3-21-16-39(25(42)26(29(32,33)34)17-27(30,31)18-26)12-13-40(21)22-7-9-28(43-4-2,19-6-5-10-35-14-19)38-23(22)24(41)37-20-8-11-36-15-20/h5-7,9-10,14,20-21,36,38H,3-4,8,11-13,15-18H2,1-2H3,(H,37,41)/t20-,21-,28?/m1/s1. The second-order valence-corrected chi connectivity index (χ2v) is 11.6. The van der Waals surface area contributed by atoms with Gasteiger partial charge < -0.3 is 30.5 Å². The maximum absolute atomic E-state index is 14.0. The highest BCUT2D eigenvalue weighted by atomic mass is 19.4. The lowest BCUT2D eigenvalue weighted by Gasteiger charge is -2.51. The number of hydrogen-bond donors (Lipinski definition) is 3. The topological polar surface area (TPSA) is 98.8 Å². The van der Waals surface area contributed by atoms with Gasteiger partial charge in [-0.1, -0.05) is 13.0 Å². The molecule has 1 saturated carbocycles. The third-order valence-corrected chi connectivity index (χ3v) is 8.75. The molecule has 43 heavy (non-hydrogen) atoms. The quantitative estimate of drug-likeness (QED) is 0.389. The molecule has 1 aromatic heterocycles. The summed E-state index contributed by atoms with van der Waals surface area (Å²) in [6, 6.07) is 3.01. The van der Waals surface area contributed by atoms with Crippen molar-refractivity contribution in [1.82, 2.24) is 30.7 Å². The number of alkyl halides is 5. The van der Waals surface area contributed by atoms with Gasteiger partial charge in [0.25, 0.3) is 11.8 Å². The van der Waals surface area contributed by atoms with Crippen molar-refractivity contribution in [2.75, 3.05) is 39.3 Å². The third-order valence-electron chi connectivity index (χ3n) is 8.75. The number of pyridine rings is 1. The number of hydrogen-bond acceptors (Lipinski definition) is 7. The van der Waals surface area contributed by atoms with E-state index in [-0.39, 0.29) is 37.3 Å². The third kappa shape index (κ3) is 5.83. The minimum Gasteiger partial charge on any atom is -0.363 e. The van der Waals surface area contributed by atoms with Crippen LogP contribution in [0.15, 0.2) is 48.1 Å². The van der Waals surface area contributed by atoms with Crippen molar-refractivity contribution < 1.29 is 36.3 Å². The lowest BCUT2D eigenvalue weighted by molar-refractivity contribution is -0.299. The van der Waals surface area contributed by atoms with Crippen LogP contribution in [0.1, 0.15) is 45.1 Å². The summed E-state index contributed by atoms with van der Waals surface area (Å²) in [7, 11) is 0. The fourth-order valence-corrected chi connectivity index (χ4v) is 6.48. The second kappa shape index (κ2) is 11.7. The Morgan fingerprint density at radius 3 is 2.56 bits per heavy atom. The highest BCUT2D eigenvalue weighted by molar-refractivity contribution is 5.95. The van der Waals surface area contributed by atoms with E-state index in [4.69, 9.17) is 4.74 Å². The Morgan fingerprint density at radius 2 is 1.98 bits per heavy atom. The fraction of sp³-hybridized carbons (Fsp3) is 0.621. The van der Waals surface area contributed by atoms with Crippen LogP contribution in [-0.2, 0) is 20.1 Å². The van der Waals surface area contributed by atoms with Gasteiger partial charge >= 0.3 is 6.18 Å². The van der Waals surface area contributed by atoms with Crippen molar-refractivity contribution in [1.29, 1.82) is 0 Å². The summed E-state index contributed by atoms with van der Waals surface area (Å²) in [5.41, 5.74) is -2.90. The first-order chi connectivity index (χ1) is 20.3. The molecule has 0 aromatic carbocycles. The Kier molecular flexibility index (Phi) is 8.47. The molecule has 14 heteroatoms. The van der Waals surface area contributed by atoms with Crippen molar-refractivity contribution >= 4 is 11.8 Å². The van der Waals surface area contributed by atoms with E-state index >= 15 is 0 Å². The fourth-order valence-electron chi connectivity index (χ4n) is 6.48. The molecule has 2 amide bonds. The van der Waals surface area contributed by atoms with E-state index in [0.717, 1.165) is 17.9 Å². The maximum Gasteiger partial charge on any atom is 0.403 e. The number of allylic oxidation sites excluding steroid dienone is 1. The van der Waals surface area contributed by atoms with Gasteiger partial charge in [-0.25, -0.2) is 8.78 Å². The monoisotopic (exact) mass is 612 g/mol. The first kappa shape index (κ1) is 31.2. The Balaban J connectivity index is 1.45. The number of halogens is 5. The van der Waals surface area contributed by atoms with E-state index in [0.29, 0.717) is 30.8 Å². The van der Waals surface area contributed by atoms with Gasteiger partial charge in [0, 0.05) is 75.7 Å². The average Bonchev–Trinajstić information content (AvgIpc) is 3.48. The molecule has 4 heterocycles. The van der Waals surface area contributed by atoms with E-state index in [2.05, 4.69) is 20.9 Å². The molecule has 1 unspecified atom stereocenters. The molecule has 1 aromatic rings. The van der Waals surface area contributed by atoms with Crippen LogP contribution in [0.25, 0.3) is 0 Å². The van der Waals surface area contributed by atoms with Gasteiger partial charge in [-0.15, -0.1) is 0 Å². The Labute approximate surface area is 246 Å². The van der Waals surface area contributed by atoms with Gasteiger partial charge in [-0.3, -0.25) is 14.6 Å². The summed E-state index contributed by atoms with van der Waals surface area (Å²) >= 11 is 0. The molecule has 5 rings (SSSR count). The molecule has 3 fully saturated rings. The highest BCUT2D eigenvalue weighted by Crippen LogP contribution is 2.61. The number of aromatic nitrogens is 1. The van der Waals surface area contributed by atoms with Crippen LogP contribution in [0.5, 0.6) is 0 Å². The maximum atomic E-state index is 14.0. The van der Waals surface area contributed by atoms with Gasteiger partial charge in [0.05, 0.1) is 5.70 Å². The van der Waals surface area contributed by atoms with Crippen molar-refractivity contribution in [3.8, 4) is 0 Å². The molecule has 0 spiro atoms. The molecule has 4 aliphatic rings. The molecule has 236 valence electrons. The summed E-state index contributed by atoms with van der Waals surface area (Å²) in [6.07, 6.45) is -0.194. The number of rotatable bonds is 8. The number of amides is 2. The predicted molar refractivity (Wildman–Crippen MR) is 146 cm³/mol. The van der Waals surface area contributed by atoms with Crippen LogP contribution in [0.2, 0.25) is 0 Å². The first-order valence-electron chi connectivity index (χ1n) is 14.6. The zero-order chi connectivity index (χ0) is 31.0. The van der Waals surface area contributed by atoms with Gasteiger partial charge in [0.15, 0.2) is 11.1 Å². The number of dihydropyridines is 1. The smallest absolute Gasteiger partial charge is 0.363 e. The predicted octanol–water partition coefficient (Wildman–Crippen LogP) is 3.02. The SMILES string of the molecule is CCOC1(c2cccnc2)C=CC(N2CCN(C(=O)C3(C(F)(F)F)CC(F)(F)C3)C[C@H]2CC)=C(C(=O)N[C@@H]2CCNC2)N1. The summed E-state index contributed by atoms with van der Waals surface area (Å²) in [5.74, 6) is -5.21. The lowest BCUT2D eigenvalue weighted by atomic mass is 9.64. The highest BCUT2D eigenvalue weighted by Gasteiger charge is 2.74. The molecule has 3 atom stereocenters. The van der Waals surface area contributed by atoms with Gasteiger partial charge in [-0.05, 0) is 44.5 Å². The van der Waals surface area contributed by atoms with Crippen LogP contribution < -0.4 is 16.0 Å². The van der Waals surface area contributed by atoms with E-state index in [1.165, 1.54) is 0 Å². The van der Waals surface area contributed by atoms with E-state index in [9.17, 15) is 31.5 Å². The van der Waals surface area contributed by atoms with E-state index in [1.54, 1.807) is 30.6 Å². The van der Waals surface area contributed by atoms with Crippen molar-refractivity contribution in [3.63, 3.8) is 0 Å². The van der Waals surface area contributed by atoms with Gasteiger partial charge in [0.1, 0.15) is 5.70 Å². The van der Waals surface area contributed by atoms with Crippen molar-refractivity contribution in [3.05, 3.63) is 53.6 Å². The normalized spacial score (nSPS) is 28.3. The van der Waals surface area contributed by atoms with E-state index in [1.807, 2.05) is 24.8 Å². The van der Waals surface area contributed by atoms with Gasteiger partial charge in [0.2, 0.25) is 5.91 Å². The largest absolute Gasteiger partial charge is 0.403 e. The zero-order valence-electron chi connectivity index (χ0n) is 24.1. The second-order valence-electron chi connectivity index (χ2n) is 11.6. The molecule has 0 bridgehead atoms. The number of carbonyl (C=O) groups is 2. The molecule has 3 N–H and O–H groups in total. The molecule has 0 radical (unpaired) electrons. The minimum absolute atomic E-state index is 0.0931. The molecular formula is C29H37F5N6O3. The number of ether oxygens (including phenoxy) is 1. The average molecular weight is 613 g/mol. The number of nitrogens with one attached hydrogen (secondary N) is 3. The van der Waals surface area contributed by atoms with Crippen LogP contribution in [0, 0.1) is 5.41 Å². The molecule has 3 aliphatic heterocycles. The van der Waals surface area contributed by atoms with E-state index < -0.39 is 48.0 Å². The Bertz CT molecular complexity index is 1260. The lowest BCUT2D eigenvalue weighted by Crippen LogP contribution is -2.66. The molecule has 1 aliphatic carbocycles. The van der Waals surface area contributed by atoms with Crippen LogP contribution >= 0.6 is 0 Å². The number of piperazine rings is 1. The molecule has 9 nitrogen and oxygen atoms in total. The van der Waals surface area contributed by atoms with Crippen molar-refractivity contribution in [2.24, 2.45) is 5.41 Å². The Morgan fingerprint density at radius 1 is 1.21 bits per heavy atom. The zero-order valence-corrected chi connectivity index (χ0v) is 24.1. The number of nitrogens with zero attached hydrogens (tertiary/aromatic N) is 3. The van der Waals surface area contributed by atoms with Crippen molar-refractivity contribution in [2.45, 2.75) is 69.4 Å². The minimum atomic E-state index is -5.08. The Hall–Kier alpha value is -3.26. The summed E-state index contributed by atoms with van der Waals surface area (Å²) in [4.78, 5) is 34.1.